The number of thioether (sulfide) groups is 1. The molecule has 11 heteroatoms. The maximum atomic E-state index is 12.7. The summed E-state index contributed by atoms with van der Waals surface area (Å²) in [5.74, 6) is 0.798. The Hall–Kier alpha value is -2.14. The van der Waals surface area contributed by atoms with Gasteiger partial charge >= 0.3 is 0 Å². The van der Waals surface area contributed by atoms with Crippen LogP contribution < -0.4 is 4.74 Å². The number of aryl methyl sites for hydroxylation is 1. The molecule has 0 unspecified atom stereocenters. The van der Waals surface area contributed by atoms with Crippen molar-refractivity contribution in [3.63, 3.8) is 0 Å². The second kappa shape index (κ2) is 8.48. The van der Waals surface area contributed by atoms with Gasteiger partial charge in [-0.25, -0.2) is 8.42 Å². The summed E-state index contributed by atoms with van der Waals surface area (Å²) in [6, 6.07) is 5.42. The minimum Gasteiger partial charge on any atom is -0.494 e. The predicted molar refractivity (Wildman–Crippen MR) is 106 cm³/mol. The Morgan fingerprint density at radius 3 is 2.86 bits per heavy atom. The van der Waals surface area contributed by atoms with E-state index in [4.69, 9.17) is 4.74 Å². The fourth-order valence-corrected chi connectivity index (χ4v) is 5.75. The van der Waals surface area contributed by atoms with Gasteiger partial charge in [0.25, 0.3) is 0 Å². The molecule has 0 N–H and O–H groups in total. The molecule has 152 valence electrons. The van der Waals surface area contributed by atoms with E-state index in [-0.39, 0.29) is 29.2 Å². The van der Waals surface area contributed by atoms with Crippen LogP contribution in [-0.4, -0.2) is 76.4 Å². The third-order valence-electron chi connectivity index (χ3n) is 4.64. The summed E-state index contributed by atoms with van der Waals surface area (Å²) in [6.07, 6.45) is 0.491. The number of rotatable bonds is 7. The second-order valence-corrected chi connectivity index (χ2v) is 9.75. The number of carbonyl (C=O) groups is 1. The average molecular weight is 426 g/mol. The zero-order chi connectivity index (χ0) is 20.3. The average Bonchev–Trinajstić information content (AvgIpc) is 3.26. The molecule has 1 aliphatic heterocycles. The molecular formula is C17H23N5O4S2. The molecule has 1 saturated heterocycles. The van der Waals surface area contributed by atoms with Crippen molar-refractivity contribution in [2.75, 3.05) is 30.9 Å². The molecule has 0 saturated carbocycles. The summed E-state index contributed by atoms with van der Waals surface area (Å²) in [5.41, 5.74) is 1.72. The first-order chi connectivity index (χ1) is 13.3. The smallest absolute Gasteiger partial charge is 0.233 e. The van der Waals surface area contributed by atoms with Crippen molar-refractivity contribution in [3.8, 4) is 11.4 Å². The van der Waals surface area contributed by atoms with Gasteiger partial charge in [0.2, 0.25) is 11.1 Å². The summed E-state index contributed by atoms with van der Waals surface area (Å²) in [6.45, 7) is 4.28. The fourth-order valence-electron chi connectivity index (χ4n) is 3.25. The maximum absolute atomic E-state index is 12.7. The highest BCUT2D eigenvalue weighted by molar-refractivity contribution is 7.99. The van der Waals surface area contributed by atoms with Gasteiger partial charge in [-0.05, 0) is 48.4 Å². The van der Waals surface area contributed by atoms with Crippen LogP contribution >= 0.6 is 11.8 Å². The van der Waals surface area contributed by atoms with Crippen LogP contribution in [0.2, 0.25) is 0 Å². The lowest BCUT2D eigenvalue weighted by atomic mass is 10.2. The highest BCUT2D eigenvalue weighted by Crippen LogP contribution is 2.27. The number of hydrogen-bond acceptors (Lipinski definition) is 8. The molecule has 1 aliphatic rings. The Morgan fingerprint density at radius 2 is 2.21 bits per heavy atom. The number of benzene rings is 1. The topological polar surface area (TPSA) is 107 Å². The third-order valence-corrected chi connectivity index (χ3v) is 7.29. The molecule has 1 amide bonds. The van der Waals surface area contributed by atoms with Gasteiger partial charge < -0.3 is 9.64 Å². The molecule has 28 heavy (non-hydrogen) atoms. The Balaban J connectivity index is 1.73. The van der Waals surface area contributed by atoms with Crippen LogP contribution in [0.3, 0.4) is 0 Å². The summed E-state index contributed by atoms with van der Waals surface area (Å²) in [7, 11) is -1.47. The number of sulfone groups is 1. The van der Waals surface area contributed by atoms with Crippen LogP contribution in [0, 0.1) is 6.92 Å². The van der Waals surface area contributed by atoms with E-state index < -0.39 is 9.84 Å². The number of nitrogens with zero attached hydrogens (tertiary/aromatic N) is 5. The monoisotopic (exact) mass is 425 g/mol. The molecule has 2 aromatic rings. The zero-order valence-corrected chi connectivity index (χ0v) is 17.7. The summed E-state index contributed by atoms with van der Waals surface area (Å²) >= 11 is 1.21. The van der Waals surface area contributed by atoms with Crippen molar-refractivity contribution in [2.24, 2.45) is 0 Å². The lowest BCUT2D eigenvalue weighted by Gasteiger charge is -2.26. The largest absolute Gasteiger partial charge is 0.494 e. The fraction of sp³-hybridized carbons (Fsp3) is 0.529. The van der Waals surface area contributed by atoms with Crippen molar-refractivity contribution in [1.29, 1.82) is 0 Å². The first kappa shape index (κ1) is 20.6. The lowest BCUT2D eigenvalue weighted by Crippen LogP contribution is -2.42. The van der Waals surface area contributed by atoms with E-state index in [0.29, 0.717) is 29.6 Å². The molecule has 1 fully saturated rings. The zero-order valence-electron chi connectivity index (χ0n) is 16.0. The highest BCUT2D eigenvalue weighted by Gasteiger charge is 2.34. The first-order valence-electron chi connectivity index (χ1n) is 8.90. The van der Waals surface area contributed by atoms with E-state index in [2.05, 4.69) is 15.5 Å². The van der Waals surface area contributed by atoms with Crippen LogP contribution in [0.15, 0.2) is 23.4 Å². The van der Waals surface area contributed by atoms with Crippen molar-refractivity contribution in [3.05, 3.63) is 23.8 Å². The van der Waals surface area contributed by atoms with Gasteiger partial charge in [0.05, 0.1) is 24.4 Å². The van der Waals surface area contributed by atoms with Gasteiger partial charge in [0, 0.05) is 12.6 Å². The van der Waals surface area contributed by atoms with Gasteiger partial charge in [-0.1, -0.05) is 17.8 Å². The number of amides is 1. The predicted octanol–water partition coefficient (Wildman–Crippen LogP) is 1.11. The molecule has 2 heterocycles. The number of tetrazole rings is 1. The number of carbonyl (C=O) groups excluding carboxylic acids is 1. The van der Waals surface area contributed by atoms with Gasteiger partial charge in [-0.2, -0.15) is 4.68 Å². The van der Waals surface area contributed by atoms with Gasteiger partial charge in [-0.3, -0.25) is 4.79 Å². The number of hydrogen-bond donors (Lipinski definition) is 0. The van der Waals surface area contributed by atoms with E-state index in [1.807, 2.05) is 32.0 Å². The molecule has 0 radical (unpaired) electrons. The molecule has 9 nitrogen and oxygen atoms in total. The molecule has 1 aromatic carbocycles. The summed E-state index contributed by atoms with van der Waals surface area (Å²) in [4.78, 5) is 14.3. The van der Waals surface area contributed by atoms with Gasteiger partial charge in [0.15, 0.2) is 9.84 Å². The van der Waals surface area contributed by atoms with Gasteiger partial charge in [-0.15, -0.1) is 5.10 Å². The number of methoxy groups -OCH3 is 1. The first-order valence-corrected chi connectivity index (χ1v) is 11.7. The lowest BCUT2D eigenvalue weighted by molar-refractivity contribution is -0.129. The van der Waals surface area contributed by atoms with E-state index in [9.17, 15) is 13.2 Å². The van der Waals surface area contributed by atoms with Crippen molar-refractivity contribution in [2.45, 2.75) is 31.5 Å². The Bertz CT molecular complexity index is 960. The van der Waals surface area contributed by atoms with E-state index in [0.717, 1.165) is 5.56 Å². The number of ether oxygens (including phenoxy) is 1. The molecule has 1 atom stereocenters. The quantitative estimate of drug-likeness (QED) is 0.607. The van der Waals surface area contributed by atoms with E-state index in [1.54, 1.807) is 16.7 Å². The molecule has 1 aromatic heterocycles. The minimum absolute atomic E-state index is 0.0372. The number of aromatic nitrogens is 4. The van der Waals surface area contributed by atoms with Crippen LogP contribution in [-0.2, 0) is 14.6 Å². The molecule has 3 rings (SSSR count). The van der Waals surface area contributed by atoms with E-state index >= 15 is 0 Å². The SMILES string of the molecule is CCN(C(=O)CSc1nnnn1-c1cc(C)ccc1OC)[C@@H]1CCS(=O)(=O)C1. The van der Waals surface area contributed by atoms with Crippen LogP contribution in [0.5, 0.6) is 5.75 Å². The Kier molecular flexibility index (Phi) is 6.23. The molecule has 0 aliphatic carbocycles. The molecule has 0 spiro atoms. The maximum Gasteiger partial charge on any atom is 0.233 e. The standard InChI is InChI=1S/C17H23N5O4S2/c1-4-21(13-7-8-28(24,25)11-13)16(23)10-27-17-18-19-20-22(17)14-9-12(2)5-6-15(14)26-3/h5-6,9,13H,4,7-8,10-11H2,1-3H3/t13-/m1/s1. The Labute approximate surface area is 168 Å². The second-order valence-electron chi connectivity index (χ2n) is 6.57. The minimum atomic E-state index is -3.05. The van der Waals surface area contributed by atoms with Crippen LogP contribution in [0.4, 0.5) is 0 Å². The normalized spacial score (nSPS) is 18.2. The molecular weight excluding hydrogens is 402 g/mol. The van der Waals surface area contributed by atoms with Crippen molar-refractivity contribution < 1.29 is 17.9 Å². The van der Waals surface area contributed by atoms with Gasteiger partial charge in [0.1, 0.15) is 11.4 Å². The van der Waals surface area contributed by atoms with E-state index in [1.165, 1.54) is 11.8 Å². The molecule has 0 bridgehead atoms. The summed E-state index contributed by atoms with van der Waals surface area (Å²) in [5, 5.41) is 12.2. The summed E-state index contributed by atoms with van der Waals surface area (Å²) < 4.78 is 30.4. The third kappa shape index (κ3) is 4.46. The van der Waals surface area contributed by atoms with Crippen molar-refractivity contribution in [1.82, 2.24) is 25.1 Å². The Morgan fingerprint density at radius 1 is 1.43 bits per heavy atom. The highest BCUT2D eigenvalue weighted by atomic mass is 32.2. The van der Waals surface area contributed by atoms with Crippen LogP contribution in [0.25, 0.3) is 5.69 Å². The van der Waals surface area contributed by atoms with Crippen LogP contribution in [0.1, 0.15) is 18.9 Å². The van der Waals surface area contributed by atoms with Crippen molar-refractivity contribution >= 4 is 27.5 Å².